The highest BCUT2D eigenvalue weighted by Crippen LogP contribution is 2.27. The van der Waals surface area contributed by atoms with Crippen LogP contribution in [-0.4, -0.2) is 21.2 Å². The van der Waals surface area contributed by atoms with Gasteiger partial charge in [-0.25, -0.2) is 15.4 Å². The monoisotopic (exact) mass is 389 g/mol. The summed E-state index contributed by atoms with van der Waals surface area (Å²) >= 11 is 0. The summed E-state index contributed by atoms with van der Waals surface area (Å²) in [5.74, 6) is 0.453. The van der Waals surface area contributed by atoms with Gasteiger partial charge in [-0.3, -0.25) is 4.98 Å². The van der Waals surface area contributed by atoms with Crippen molar-refractivity contribution in [2.75, 3.05) is 5.43 Å². The van der Waals surface area contributed by atoms with Crippen LogP contribution in [-0.2, 0) is 0 Å². The van der Waals surface area contributed by atoms with Crippen LogP contribution in [0, 0.1) is 6.92 Å². The minimum absolute atomic E-state index is 0.453. The summed E-state index contributed by atoms with van der Waals surface area (Å²) in [6.45, 7) is 2.08. The van der Waals surface area contributed by atoms with E-state index < -0.39 is 0 Å². The Hall–Kier alpha value is -4.12. The van der Waals surface area contributed by atoms with Crippen molar-refractivity contribution in [1.82, 2.24) is 15.0 Å². The third-order valence-electron chi connectivity index (χ3n) is 4.96. The second-order valence-electron chi connectivity index (χ2n) is 7.07. The van der Waals surface area contributed by atoms with E-state index in [2.05, 4.69) is 51.7 Å². The first-order valence-electron chi connectivity index (χ1n) is 9.74. The van der Waals surface area contributed by atoms with Crippen LogP contribution in [0.2, 0.25) is 0 Å². The minimum atomic E-state index is 0.453. The predicted octanol–water partition coefficient (Wildman–Crippen LogP) is 5.60. The predicted molar refractivity (Wildman–Crippen MR) is 123 cm³/mol. The lowest BCUT2D eigenvalue weighted by Gasteiger charge is -2.09. The molecule has 1 N–H and O–H groups in total. The first-order valence-corrected chi connectivity index (χ1v) is 9.74. The zero-order valence-corrected chi connectivity index (χ0v) is 16.4. The van der Waals surface area contributed by atoms with Gasteiger partial charge in [0.05, 0.1) is 22.9 Å². The lowest BCUT2D eigenvalue weighted by Crippen LogP contribution is -2.00. The normalized spacial score (nSPS) is 11.4. The van der Waals surface area contributed by atoms with E-state index in [-0.39, 0.29) is 0 Å². The molecule has 0 unspecified atom stereocenters. The van der Waals surface area contributed by atoms with Crippen molar-refractivity contribution in [1.29, 1.82) is 0 Å². The number of aromatic nitrogens is 3. The van der Waals surface area contributed by atoms with Gasteiger partial charge in [-0.05, 0) is 19.1 Å². The number of aryl methyl sites for hydroxylation is 1. The zero-order chi connectivity index (χ0) is 20.3. The number of fused-ring (bicyclic) bond motifs is 2. The maximum atomic E-state index is 4.74. The molecule has 0 fully saturated rings. The number of hydrogen-bond donors (Lipinski definition) is 1. The van der Waals surface area contributed by atoms with Gasteiger partial charge in [0.2, 0.25) is 5.95 Å². The van der Waals surface area contributed by atoms with Crippen LogP contribution in [0.1, 0.15) is 11.1 Å². The van der Waals surface area contributed by atoms with E-state index in [1.54, 1.807) is 12.4 Å². The van der Waals surface area contributed by atoms with Gasteiger partial charge >= 0.3 is 0 Å². The zero-order valence-electron chi connectivity index (χ0n) is 16.4. The third-order valence-corrected chi connectivity index (χ3v) is 4.96. The molecule has 0 aliphatic carbocycles. The van der Waals surface area contributed by atoms with Crippen LogP contribution in [0.4, 0.5) is 5.95 Å². The Morgan fingerprint density at radius 3 is 2.57 bits per heavy atom. The van der Waals surface area contributed by atoms with Gasteiger partial charge in [0.25, 0.3) is 0 Å². The molecule has 0 bridgehead atoms. The Morgan fingerprint density at radius 1 is 0.833 bits per heavy atom. The molecule has 3 aromatic carbocycles. The van der Waals surface area contributed by atoms with E-state index in [1.165, 1.54) is 5.56 Å². The topological polar surface area (TPSA) is 63.1 Å². The molecule has 0 radical (unpaired) electrons. The maximum absolute atomic E-state index is 4.74. The molecule has 5 heteroatoms. The molecule has 0 amide bonds. The number of hydrogen-bond acceptors (Lipinski definition) is 5. The lowest BCUT2D eigenvalue weighted by atomic mass is 10.1. The minimum Gasteiger partial charge on any atom is -0.256 e. The summed E-state index contributed by atoms with van der Waals surface area (Å²) in [6, 6.07) is 26.3. The summed E-state index contributed by atoms with van der Waals surface area (Å²) in [7, 11) is 0. The second-order valence-corrected chi connectivity index (χ2v) is 7.07. The molecule has 0 aliphatic heterocycles. The SMILES string of the molecule is Cc1ccc(-c2nc(N/N=C\c3cccc4cccnc34)nc3ccccc23)cc1. The van der Waals surface area contributed by atoms with Crippen LogP contribution >= 0.6 is 0 Å². The molecule has 5 aromatic rings. The van der Waals surface area contributed by atoms with Gasteiger partial charge in [0.1, 0.15) is 0 Å². The Bertz CT molecular complexity index is 1370. The van der Waals surface area contributed by atoms with Gasteiger partial charge in [0, 0.05) is 28.1 Å². The fourth-order valence-electron chi connectivity index (χ4n) is 3.45. The fraction of sp³-hybridized carbons (Fsp3) is 0.0400. The molecule has 5 rings (SSSR count). The van der Waals surface area contributed by atoms with Crippen molar-refractivity contribution in [3.05, 3.63) is 96.2 Å². The molecular weight excluding hydrogens is 370 g/mol. The molecule has 2 heterocycles. The number of nitrogens with one attached hydrogen (secondary N) is 1. The van der Waals surface area contributed by atoms with Gasteiger partial charge in [-0.15, -0.1) is 0 Å². The van der Waals surface area contributed by atoms with Gasteiger partial charge in [-0.1, -0.05) is 72.3 Å². The Labute approximate surface area is 174 Å². The molecule has 2 aromatic heterocycles. The number of benzene rings is 3. The Balaban J connectivity index is 1.51. The van der Waals surface area contributed by atoms with Gasteiger partial charge < -0.3 is 0 Å². The van der Waals surface area contributed by atoms with Crippen LogP contribution < -0.4 is 5.43 Å². The van der Waals surface area contributed by atoms with Crippen LogP contribution in [0.5, 0.6) is 0 Å². The summed E-state index contributed by atoms with van der Waals surface area (Å²) < 4.78 is 0. The second kappa shape index (κ2) is 7.72. The molecule has 144 valence electrons. The number of hydrazone groups is 1. The van der Waals surface area contributed by atoms with Crippen molar-refractivity contribution in [3.8, 4) is 11.3 Å². The number of para-hydroxylation sites is 2. The Morgan fingerprint density at radius 2 is 1.67 bits per heavy atom. The largest absolute Gasteiger partial charge is 0.256 e. The quantitative estimate of drug-likeness (QED) is 0.321. The first-order chi connectivity index (χ1) is 14.8. The highest BCUT2D eigenvalue weighted by atomic mass is 15.3. The molecule has 0 saturated heterocycles. The molecule has 0 atom stereocenters. The summed E-state index contributed by atoms with van der Waals surface area (Å²) in [5.41, 5.74) is 8.83. The van der Waals surface area contributed by atoms with Crippen LogP contribution in [0.25, 0.3) is 33.1 Å². The van der Waals surface area contributed by atoms with E-state index >= 15 is 0 Å². The summed E-state index contributed by atoms with van der Waals surface area (Å²) in [5, 5.41) is 6.46. The lowest BCUT2D eigenvalue weighted by molar-refractivity contribution is 1.16. The smallest absolute Gasteiger partial charge is 0.244 e. The van der Waals surface area contributed by atoms with Crippen LogP contribution in [0.15, 0.2) is 90.2 Å². The molecule has 0 aliphatic rings. The van der Waals surface area contributed by atoms with Gasteiger partial charge in [-0.2, -0.15) is 5.10 Å². The van der Waals surface area contributed by atoms with Crippen LogP contribution in [0.3, 0.4) is 0 Å². The summed E-state index contributed by atoms with van der Waals surface area (Å²) in [6.07, 6.45) is 3.53. The highest BCUT2D eigenvalue weighted by molar-refractivity contribution is 5.97. The average molecular weight is 389 g/mol. The molecule has 30 heavy (non-hydrogen) atoms. The van der Waals surface area contributed by atoms with Gasteiger partial charge in [0.15, 0.2) is 0 Å². The molecular formula is C25H19N5. The van der Waals surface area contributed by atoms with E-state index in [0.29, 0.717) is 5.95 Å². The third kappa shape index (κ3) is 3.49. The van der Waals surface area contributed by atoms with Crippen molar-refractivity contribution in [2.45, 2.75) is 6.92 Å². The van der Waals surface area contributed by atoms with E-state index in [4.69, 9.17) is 4.98 Å². The number of nitrogens with zero attached hydrogens (tertiary/aromatic N) is 4. The Kier molecular flexibility index (Phi) is 4.62. The standard InChI is InChI=1S/C25H19N5/c1-17-11-13-19(14-12-17)24-21-9-2-3-10-22(21)28-25(29-24)30-27-16-20-7-4-6-18-8-5-15-26-23(18)20/h2-16H,1H3,(H,28,29,30)/b27-16-. The average Bonchev–Trinajstić information content (AvgIpc) is 2.79. The van der Waals surface area contributed by atoms with E-state index in [1.807, 2.05) is 54.6 Å². The van der Waals surface area contributed by atoms with Crippen molar-refractivity contribution in [2.24, 2.45) is 5.10 Å². The van der Waals surface area contributed by atoms with E-state index in [0.717, 1.165) is 38.6 Å². The number of rotatable bonds is 4. The number of pyridine rings is 1. The maximum Gasteiger partial charge on any atom is 0.244 e. The fourth-order valence-corrected chi connectivity index (χ4v) is 3.45. The first kappa shape index (κ1) is 17.9. The van der Waals surface area contributed by atoms with E-state index in [9.17, 15) is 0 Å². The van der Waals surface area contributed by atoms with Crippen molar-refractivity contribution < 1.29 is 0 Å². The molecule has 5 nitrogen and oxygen atoms in total. The summed E-state index contributed by atoms with van der Waals surface area (Å²) in [4.78, 5) is 13.8. The number of anilines is 1. The van der Waals surface area contributed by atoms with Crippen molar-refractivity contribution >= 4 is 34.0 Å². The van der Waals surface area contributed by atoms with Crippen molar-refractivity contribution in [3.63, 3.8) is 0 Å². The molecule has 0 saturated carbocycles. The molecule has 0 spiro atoms. The highest BCUT2D eigenvalue weighted by Gasteiger charge is 2.09.